The average molecular weight is 293 g/mol. The number of urea groups is 1. The zero-order valence-corrected chi connectivity index (χ0v) is 12.6. The van der Waals surface area contributed by atoms with Crippen LogP contribution in [-0.2, 0) is 0 Å². The maximum atomic E-state index is 12.4. The molecular weight excluding hydrogens is 270 g/mol. The number of ether oxygens (including phenoxy) is 1. The number of carbonyl (C=O) groups is 1. The molecule has 2 N–H and O–H groups in total. The molecule has 6 nitrogen and oxygen atoms in total. The van der Waals surface area contributed by atoms with Gasteiger partial charge in [-0.15, -0.1) is 0 Å². The first-order valence-corrected chi connectivity index (χ1v) is 7.45. The number of anilines is 1. The van der Waals surface area contributed by atoms with Crippen LogP contribution in [0.4, 0.5) is 10.5 Å². The monoisotopic (exact) mass is 293 g/mol. The number of likely N-dealkylation sites (tertiary alicyclic amines) is 1. The van der Waals surface area contributed by atoms with Gasteiger partial charge in [0.2, 0.25) is 5.88 Å². The van der Waals surface area contributed by atoms with E-state index in [2.05, 4.69) is 10.3 Å². The van der Waals surface area contributed by atoms with E-state index in [9.17, 15) is 9.90 Å². The van der Waals surface area contributed by atoms with Gasteiger partial charge in [0.05, 0.1) is 12.7 Å². The zero-order valence-electron chi connectivity index (χ0n) is 12.6. The van der Waals surface area contributed by atoms with Crippen molar-refractivity contribution in [3.8, 4) is 5.88 Å². The van der Waals surface area contributed by atoms with Crippen LogP contribution in [0, 0.1) is 0 Å². The molecule has 6 heteroatoms. The van der Waals surface area contributed by atoms with Crippen LogP contribution in [0.1, 0.15) is 33.1 Å². The van der Waals surface area contributed by atoms with Gasteiger partial charge in [-0.05, 0) is 45.2 Å². The summed E-state index contributed by atoms with van der Waals surface area (Å²) in [5.74, 6) is 0.430. The van der Waals surface area contributed by atoms with Crippen LogP contribution in [0.15, 0.2) is 18.3 Å². The number of hydrogen-bond donors (Lipinski definition) is 2. The zero-order chi connectivity index (χ0) is 15.2. The Kier molecular flexibility index (Phi) is 5.38. The second-order valence-corrected chi connectivity index (χ2v) is 5.29. The number of nitrogens with zero attached hydrogens (tertiary/aromatic N) is 2. The molecule has 1 aromatic heterocycles. The number of carbonyl (C=O) groups excluding carboxylic acids is 1. The van der Waals surface area contributed by atoms with Gasteiger partial charge in [-0.25, -0.2) is 9.78 Å². The largest absolute Gasteiger partial charge is 0.476 e. The van der Waals surface area contributed by atoms with Gasteiger partial charge in [0.15, 0.2) is 0 Å². The second kappa shape index (κ2) is 7.26. The molecule has 0 saturated carbocycles. The van der Waals surface area contributed by atoms with Crippen LogP contribution in [-0.4, -0.2) is 46.3 Å². The fourth-order valence-electron chi connectivity index (χ4n) is 2.67. The molecule has 0 bridgehead atoms. The maximum absolute atomic E-state index is 12.4. The first-order chi connectivity index (χ1) is 10.1. The standard InChI is InChI=1S/C15H23N3O3/c1-3-21-14-13(7-4-8-16-14)17-15(20)18-9-5-6-12(18)10-11(2)19/h4,7-8,11-12,19H,3,5-6,9-10H2,1-2H3,(H,17,20)/t11-,12+/m0/s1. The molecule has 1 aromatic rings. The van der Waals surface area contributed by atoms with Crippen molar-refractivity contribution in [1.29, 1.82) is 0 Å². The van der Waals surface area contributed by atoms with Crippen molar-refractivity contribution in [3.05, 3.63) is 18.3 Å². The van der Waals surface area contributed by atoms with Crippen LogP contribution < -0.4 is 10.1 Å². The molecule has 0 spiro atoms. The van der Waals surface area contributed by atoms with E-state index in [1.165, 1.54) is 0 Å². The summed E-state index contributed by atoms with van der Waals surface area (Å²) >= 11 is 0. The van der Waals surface area contributed by atoms with Crippen molar-refractivity contribution >= 4 is 11.7 Å². The number of aliphatic hydroxyl groups excluding tert-OH is 1. The van der Waals surface area contributed by atoms with E-state index >= 15 is 0 Å². The molecule has 1 aliphatic rings. The molecule has 2 heterocycles. The topological polar surface area (TPSA) is 74.7 Å². The summed E-state index contributed by atoms with van der Waals surface area (Å²) in [4.78, 5) is 18.3. The SMILES string of the molecule is CCOc1ncccc1NC(=O)N1CCC[C@@H]1C[C@H](C)O. The minimum Gasteiger partial charge on any atom is -0.476 e. The van der Waals surface area contributed by atoms with Crippen molar-refractivity contribution < 1.29 is 14.6 Å². The highest BCUT2D eigenvalue weighted by molar-refractivity contribution is 5.90. The van der Waals surface area contributed by atoms with Crippen molar-refractivity contribution in [2.45, 2.75) is 45.3 Å². The van der Waals surface area contributed by atoms with Gasteiger partial charge in [-0.3, -0.25) is 0 Å². The van der Waals surface area contributed by atoms with Gasteiger partial charge in [0.1, 0.15) is 5.69 Å². The number of pyridine rings is 1. The highest BCUT2D eigenvalue weighted by atomic mass is 16.5. The first kappa shape index (κ1) is 15.6. The molecule has 2 rings (SSSR count). The molecule has 0 radical (unpaired) electrons. The Morgan fingerprint density at radius 3 is 3.19 bits per heavy atom. The number of aromatic nitrogens is 1. The molecule has 0 aliphatic carbocycles. The summed E-state index contributed by atoms with van der Waals surface area (Å²) in [6, 6.07) is 3.47. The van der Waals surface area contributed by atoms with Crippen LogP contribution in [0.5, 0.6) is 5.88 Å². The Labute approximate surface area is 125 Å². The molecule has 21 heavy (non-hydrogen) atoms. The van der Waals surface area contributed by atoms with E-state index in [1.807, 2.05) is 6.92 Å². The average Bonchev–Trinajstić information content (AvgIpc) is 2.88. The highest BCUT2D eigenvalue weighted by Crippen LogP contribution is 2.25. The quantitative estimate of drug-likeness (QED) is 0.873. The van der Waals surface area contributed by atoms with E-state index < -0.39 is 6.10 Å². The molecule has 1 fully saturated rings. The Bertz CT molecular complexity index is 479. The van der Waals surface area contributed by atoms with Crippen molar-refractivity contribution in [1.82, 2.24) is 9.88 Å². The Morgan fingerprint density at radius 1 is 1.67 bits per heavy atom. The third kappa shape index (κ3) is 4.07. The molecule has 2 atom stereocenters. The van der Waals surface area contributed by atoms with E-state index in [1.54, 1.807) is 30.2 Å². The predicted octanol–water partition coefficient (Wildman–Crippen LogP) is 2.25. The number of aliphatic hydroxyl groups is 1. The summed E-state index contributed by atoms with van der Waals surface area (Å²) in [6.07, 6.45) is 3.74. The number of nitrogens with one attached hydrogen (secondary N) is 1. The number of hydrogen-bond acceptors (Lipinski definition) is 4. The molecule has 1 aliphatic heterocycles. The van der Waals surface area contributed by atoms with Gasteiger partial charge in [-0.2, -0.15) is 0 Å². The van der Waals surface area contributed by atoms with Gasteiger partial charge in [0, 0.05) is 18.8 Å². The van der Waals surface area contributed by atoms with Crippen LogP contribution in [0.3, 0.4) is 0 Å². The van der Waals surface area contributed by atoms with Crippen molar-refractivity contribution in [2.24, 2.45) is 0 Å². The lowest BCUT2D eigenvalue weighted by Gasteiger charge is -2.26. The first-order valence-electron chi connectivity index (χ1n) is 7.45. The van der Waals surface area contributed by atoms with Gasteiger partial charge < -0.3 is 20.1 Å². The minimum atomic E-state index is -0.402. The normalized spacial score (nSPS) is 19.4. The van der Waals surface area contributed by atoms with Crippen LogP contribution in [0.25, 0.3) is 0 Å². The Hall–Kier alpha value is -1.82. The summed E-state index contributed by atoms with van der Waals surface area (Å²) in [7, 11) is 0. The lowest BCUT2D eigenvalue weighted by Crippen LogP contribution is -2.40. The van der Waals surface area contributed by atoms with Crippen molar-refractivity contribution in [3.63, 3.8) is 0 Å². The fraction of sp³-hybridized carbons (Fsp3) is 0.600. The van der Waals surface area contributed by atoms with Gasteiger partial charge >= 0.3 is 6.03 Å². The van der Waals surface area contributed by atoms with Gasteiger partial charge in [-0.1, -0.05) is 0 Å². The summed E-state index contributed by atoms with van der Waals surface area (Å²) < 4.78 is 5.41. The third-order valence-corrected chi connectivity index (χ3v) is 3.54. The summed E-state index contributed by atoms with van der Waals surface area (Å²) in [6.45, 7) is 4.84. The van der Waals surface area contributed by atoms with E-state index in [-0.39, 0.29) is 12.1 Å². The van der Waals surface area contributed by atoms with E-state index in [0.717, 1.165) is 12.8 Å². The Balaban J connectivity index is 2.04. The predicted molar refractivity (Wildman–Crippen MR) is 80.5 cm³/mol. The number of rotatable bonds is 5. The van der Waals surface area contributed by atoms with Crippen LogP contribution in [0.2, 0.25) is 0 Å². The van der Waals surface area contributed by atoms with E-state index in [4.69, 9.17) is 4.74 Å². The molecule has 0 aromatic carbocycles. The highest BCUT2D eigenvalue weighted by Gasteiger charge is 2.29. The molecule has 0 unspecified atom stereocenters. The lowest BCUT2D eigenvalue weighted by atomic mass is 10.1. The van der Waals surface area contributed by atoms with Crippen molar-refractivity contribution in [2.75, 3.05) is 18.5 Å². The molecule has 1 saturated heterocycles. The van der Waals surface area contributed by atoms with Crippen LogP contribution >= 0.6 is 0 Å². The summed E-state index contributed by atoms with van der Waals surface area (Å²) in [5.41, 5.74) is 0.576. The lowest BCUT2D eigenvalue weighted by molar-refractivity contribution is 0.142. The molecule has 2 amide bonds. The fourth-order valence-corrected chi connectivity index (χ4v) is 2.67. The Morgan fingerprint density at radius 2 is 2.48 bits per heavy atom. The second-order valence-electron chi connectivity index (χ2n) is 5.29. The summed E-state index contributed by atoms with van der Waals surface area (Å²) in [5, 5.41) is 12.4. The number of amides is 2. The van der Waals surface area contributed by atoms with E-state index in [0.29, 0.717) is 31.1 Å². The minimum absolute atomic E-state index is 0.0946. The smallest absolute Gasteiger partial charge is 0.322 e. The van der Waals surface area contributed by atoms with Gasteiger partial charge in [0.25, 0.3) is 0 Å². The molecular formula is C15H23N3O3. The maximum Gasteiger partial charge on any atom is 0.322 e. The molecule has 116 valence electrons. The third-order valence-electron chi connectivity index (χ3n) is 3.54.